The fourth-order valence-corrected chi connectivity index (χ4v) is 2.10. The molecule has 0 radical (unpaired) electrons. The van der Waals surface area contributed by atoms with Crippen molar-refractivity contribution < 1.29 is 0 Å². The first kappa shape index (κ1) is 9.62. The van der Waals surface area contributed by atoms with Crippen LogP contribution in [0.2, 0.25) is 0 Å². The van der Waals surface area contributed by atoms with E-state index in [-0.39, 0.29) is 0 Å². The fraction of sp³-hybridized carbons (Fsp3) is 0.200. The molecule has 0 amide bonds. The van der Waals surface area contributed by atoms with Crippen molar-refractivity contribution in [1.82, 2.24) is 9.97 Å². The van der Waals surface area contributed by atoms with E-state index in [1.54, 1.807) is 23.7 Å². The van der Waals surface area contributed by atoms with Crippen LogP contribution < -0.4 is 0 Å². The van der Waals surface area contributed by atoms with Crippen molar-refractivity contribution in [3.63, 3.8) is 0 Å². The smallest absolute Gasteiger partial charge is 0.142 e. The Kier molecular flexibility index (Phi) is 2.79. The molecular formula is C10H9ClN2S. The molecule has 0 unspecified atom stereocenters. The second-order valence-corrected chi connectivity index (χ2v) is 4.37. The number of alkyl halides is 1. The third-order valence-corrected chi connectivity index (χ3v) is 3.29. The van der Waals surface area contributed by atoms with E-state index in [0.717, 1.165) is 15.6 Å². The summed E-state index contributed by atoms with van der Waals surface area (Å²) in [5.74, 6) is 0.517. The minimum atomic E-state index is 0.517. The molecule has 0 fully saturated rings. The van der Waals surface area contributed by atoms with Gasteiger partial charge in [0.1, 0.15) is 5.01 Å². The van der Waals surface area contributed by atoms with Crippen molar-refractivity contribution >= 4 is 22.9 Å². The summed E-state index contributed by atoms with van der Waals surface area (Å²) in [4.78, 5) is 9.61. The summed E-state index contributed by atoms with van der Waals surface area (Å²) in [5, 5.41) is 0.935. The second kappa shape index (κ2) is 4.07. The molecule has 0 aliphatic carbocycles. The Bertz CT molecular complexity index is 439. The summed E-state index contributed by atoms with van der Waals surface area (Å²) in [6, 6.07) is 4.00. The van der Waals surface area contributed by atoms with Crippen LogP contribution in [-0.2, 0) is 5.88 Å². The highest BCUT2D eigenvalue weighted by molar-refractivity contribution is 7.15. The fourth-order valence-electron chi connectivity index (χ4n) is 1.14. The Balaban J connectivity index is 2.39. The van der Waals surface area contributed by atoms with E-state index >= 15 is 0 Å². The first-order valence-electron chi connectivity index (χ1n) is 4.23. The predicted molar refractivity (Wildman–Crippen MR) is 59.6 cm³/mol. The lowest BCUT2D eigenvalue weighted by Crippen LogP contribution is -1.82. The Labute approximate surface area is 91.6 Å². The minimum absolute atomic E-state index is 0.517. The SMILES string of the molecule is Cc1ccnc(-c2ncc(CCl)s2)c1. The molecule has 0 saturated carbocycles. The van der Waals surface area contributed by atoms with Crippen LogP contribution in [0.1, 0.15) is 10.4 Å². The van der Waals surface area contributed by atoms with Gasteiger partial charge in [-0.3, -0.25) is 4.98 Å². The zero-order chi connectivity index (χ0) is 9.97. The van der Waals surface area contributed by atoms with E-state index < -0.39 is 0 Å². The van der Waals surface area contributed by atoms with Crippen molar-refractivity contribution in [2.75, 3.05) is 0 Å². The monoisotopic (exact) mass is 224 g/mol. The highest BCUT2D eigenvalue weighted by atomic mass is 35.5. The van der Waals surface area contributed by atoms with Crippen molar-refractivity contribution in [2.24, 2.45) is 0 Å². The largest absolute Gasteiger partial charge is 0.254 e. The number of hydrogen-bond donors (Lipinski definition) is 0. The number of hydrogen-bond acceptors (Lipinski definition) is 3. The maximum absolute atomic E-state index is 5.71. The van der Waals surface area contributed by atoms with Gasteiger partial charge in [-0.15, -0.1) is 22.9 Å². The van der Waals surface area contributed by atoms with Crippen molar-refractivity contribution in [3.05, 3.63) is 35.0 Å². The van der Waals surface area contributed by atoms with Gasteiger partial charge in [-0.05, 0) is 24.6 Å². The van der Waals surface area contributed by atoms with Gasteiger partial charge in [0.25, 0.3) is 0 Å². The van der Waals surface area contributed by atoms with Gasteiger partial charge in [-0.1, -0.05) is 0 Å². The van der Waals surface area contributed by atoms with Crippen LogP contribution in [0.5, 0.6) is 0 Å². The normalized spacial score (nSPS) is 10.4. The lowest BCUT2D eigenvalue weighted by atomic mass is 10.2. The summed E-state index contributed by atoms with van der Waals surface area (Å²) >= 11 is 7.30. The minimum Gasteiger partial charge on any atom is -0.254 e. The van der Waals surface area contributed by atoms with Crippen molar-refractivity contribution in [1.29, 1.82) is 0 Å². The van der Waals surface area contributed by atoms with Crippen LogP contribution in [-0.4, -0.2) is 9.97 Å². The highest BCUT2D eigenvalue weighted by Crippen LogP contribution is 2.24. The van der Waals surface area contributed by atoms with Gasteiger partial charge in [0, 0.05) is 17.3 Å². The number of halogens is 1. The van der Waals surface area contributed by atoms with Gasteiger partial charge in [-0.25, -0.2) is 4.98 Å². The predicted octanol–water partition coefficient (Wildman–Crippen LogP) is 3.25. The van der Waals surface area contributed by atoms with Gasteiger partial charge in [0.05, 0.1) is 11.6 Å². The van der Waals surface area contributed by atoms with Crippen LogP contribution in [0.25, 0.3) is 10.7 Å². The molecule has 0 bridgehead atoms. The molecule has 2 aromatic rings. The molecule has 0 aliphatic heterocycles. The van der Waals surface area contributed by atoms with E-state index in [1.807, 2.05) is 19.1 Å². The molecule has 4 heteroatoms. The van der Waals surface area contributed by atoms with E-state index in [1.165, 1.54) is 5.56 Å². The van der Waals surface area contributed by atoms with Crippen LogP contribution in [0.15, 0.2) is 24.5 Å². The van der Waals surface area contributed by atoms with Gasteiger partial charge in [0.15, 0.2) is 0 Å². The number of pyridine rings is 1. The molecule has 14 heavy (non-hydrogen) atoms. The standard InChI is InChI=1S/C10H9ClN2S/c1-7-2-3-12-9(4-7)10-13-6-8(5-11)14-10/h2-4,6H,5H2,1H3. The average molecular weight is 225 g/mol. The molecule has 2 rings (SSSR count). The third kappa shape index (κ3) is 1.94. The zero-order valence-corrected chi connectivity index (χ0v) is 9.27. The van der Waals surface area contributed by atoms with Gasteiger partial charge in [-0.2, -0.15) is 0 Å². The summed E-state index contributed by atoms with van der Waals surface area (Å²) in [6.07, 6.45) is 3.60. The van der Waals surface area contributed by atoms with Crippen LogP contribution >= 0.6 is 22.9 Å². The van der Waals surface area contributed by atoms with Crippen LogP contribution in [0.4, 0.5) is 0 Å². The van der Waals surface area contributed by atoms with E-state index in [2.05, 4.69) is 9.97 Å². The summed E-state index contributed by atoms with van der Waals surface area (Å²) in [6.45, 7) is 2.04. The quantitative estimate of drug-likeness (QED) is 0.732. The number of thiazole rings is 1. The molecule has 0 N–H and O–H groups in total. The lowest BCUT2D eigenvalue weighted by molar-refractivity contribution is 1.26. The van der Waals surface area contributed by atoms with Gasteiger partial charge >= 0.3 is 0 Å². The molecule has 0 aromatic carbocycles. The highest BCUT2D eigenvalue weighted by Gasteiger charge is 2.04. The Morgan fingerprint density at radius 2 is 2.29 bits per heavy atom. The molecular weight excluding hydrogens is 216 g/mol. The molecule has 2 nitrogen and oxygen atoms in total. The molecule has 0 atom stereocenters. The van der Waals surface area contributed by atoms with E-state index in [4.69, 9.17) is 11.6 Å². The van der Waals surface area contributed by atoms with Gasteiger partial charge < -0.3 is 0 Å². The topological polar surface area (TPSA) is 25.8 Å². The van der Waals surface area contributed by atoms with E-state index in [9.17, 15) is 0 Å². The molecule has 0 spiro atoms. The zero-order valence-electron chi connectivity index (χ0n) is 7.70. The number of nitrogens with zero attached hydrogens (tertiary/aromatic N) is 2. The molecule has 72 valence electrons. The second-order valence-electron chi connectivity index (χ2n) is 2.98. The first-order chi connectivity index (χ1) is 6.79. The third-order valence-electron chi connectivity index (χ3n) is 1.82. The van der Waals surface area contributed by atoms with Crippen molar-refractivity contribution in [3.8, 4) is 10.7 Å². The number of aromatic nitrogens is 2. The Morgan fingerprint density at radius 3 is 2.93 bits per heavy atom. The molecule has 0 aliphatic rings. The van der Waals surface area contributed by atoms with Gasteiger partial charge in [0.2, 0.25) is 0 Å². The molecule has 0 saturated heterocycles. The van der Waals surface area contributed by atoms with Crippen LogP contribution in [0.3, 0.4) is 0 Å². The Hall–Kier alpha value is -0.930. The van der Waals surface area contributed by atoms with Crippen molar-refractivity contribution in [2.45, 2.75) is 12.8 Å². The first-order valence-corrected chi connectivity index (χ1v) is 5.58. The average Bonchev–Trinajstić information content (AvgIpc) is 2.66. The molecule has 2 heterocycles. The summed E-state index contributed by atoms with van der Waals surface area (Å²) in [5.41, 5.74) is 2.11. The van der Waals surface area contributed by atoms with Crippen LogP contribution in [0, 0.1) is 6.92 Å². The lowest BCUT2D eigenvalue weighted by Gasteiger charge is -1.95. The van der Waals surface area contributed by atoms with E-state index in [0.29, 0.717) is 5.88 Å². The number of rotatable bonds is 2. The Morgan fingerprint density at radius 1 is 1.43 bits per heavy atom. The summed E-state index contributed by atoms with van der Waals surface area (Å²) < 4.78 is 0. The number of aryl methyl sites for hydroxylation is 1. The maximum Gasteiger partial charge on any atom is 0.142 e. The maximum atomic E-state index is 5.71. The summed E-state index contributed by atoms with van der Waals surface area (Å²) in [7, 11) is 0. The molecule has 2 aromatic heterocycles.